The van der Waals surface area contributed by atoms with Gasteiger partial charge in [-0.2, -0.15) is 26.3 Å². The quantitative estimate of drug-likeness (QED) is 0.195. The maximum atomic E-state index is 13.2. The summed E-state index contributed by atoms with van der Waals surface area (Å²) in [4.78, 5) is 47.7. The number of benzene rings is 3. The number of anilines is 1. The predicted octanol–water partition coefficient (Wildman–Crippen LogP) is 5.05. The van der Waals surface area contributed by atoms with Gasteiger partial charge in [0, 0.05) is 11.3 Å². The van der Waals surface area contributed by atoms with Gasteiger partial charge in [0.25, 0.3) is 17.7 Å². The fourth-order valence-electron chi connectivity index (χ4n) is 3.32. The smallest absolute Gasteiger partial charge is 0.373 e. The molecule has 0 aromatic heterocycles. The Morgan fingerprint density at radius 2 is 1.30 bits per heavy atom. The first-order chi connectivity index (χ1) is 20.2. The lowest BCUT2D eigenvalue weighted by molar-refractivity contribution is -0.160. The molecule has 3 aromatic carbocycles. The largest absolute Gasteiger partial charge is 0.416 e. The van der Waals surface area contributed by atoms with Crippen molar-refractivity contribution in [2.45, 2.75) is 38.1 Å². The third kappa shape index (κ3) is 10.4. The molecule has 3 amide bonds. The molecule has 0 aliphatic rings. The summed E-state index contributed by atoms with van der Waals surface area (Å²) in [5, 5.41) is 2.55. The molecule has 3 aromatic rings. The molecule has 0 saturated heterocycles. The van der Waals surface area contributed by atoms with E-state index in [1.165, 1.54) is 6.92 Å². The molecule has 0 unspecified atom stereocenters. The lowest BCUT2D eigenvalue weighted by atomic mass is 10.0. The number of nitrogens with one attached hydrogen (secondary N) is 3. The molecule has 0 heterocycles. The minimum Gasteiger partial charge on any atom is -0.373 e. The van der Waals surface area contributed by atoms with Gasteiger partial charge in [-0.15, -0.1) is 0 Å². The number of halogens is 6. The van der Waals surface area contributed by atoms with Crippen LogP contribution in [0.4, 0.5) is 32.0 Å². The lowest BCUT2D eigenvalue weighted by Gasteiger charge is -2.20. The fourth-order valence-corrected chi connectivity index (χ4v) is 3.32. The van der Waals surface area contributed by atoms with E-state index in [0.29, 0.717) is 11.3 Å². The highest BCUT2D eigenvalue weighted by Crippen LogP contribution is 2.36. The second-order valence-electron chi connectivity index (χ2n) is 8.91. The first-order valence-corrected chi connectivity index (χ1v) is 12.4. The van der Waals surface area contributed by atoms with Crippen LogP contribution < -0.4 is 16.3 Å². The van der Waals surface area contributed by atoms with Crippen LogP contribution in [0.25, 0.3) is 0 Å². The number of alkyl halides is 6. The van der Waals surface area contributed by atoms with Gasteiger partial charge in [0.2, 0.25) is 0 Å². The molecule has 0 bridgehead atoms. The number of ether oxygens (including phenoxy) is 1. The van der Waals surface area contributed by atoms with Gasteiger partial charge in [-0.05, 0) is 42.8 Å². The molecular formula is C28H25F6N3O6. The molecule has 0 fully saturated rings. The summed E-state index contributed by atoms with van der Waals surface area (Å²) in [6, 6.07) is 17.2. The maximum Gasteiger partial charge on any atom is 0.416 e. The summed E-state index contributed by atoms with van der Waals surface area (Å²) in [5.41, 5.74) is 0.321. The van der Waals surface area contributed by atoms with Crippen LogP contribution in [-0.4, -0.2) is 36.5 Å². The Hall–Kier alpha value is -4.47. The van der Waals surface area contributed by atoms with E-state index >= 15 is 0 Å². The average Bonchev–Trinajstić information content (AvgIpc) is 2.97. The first kappa shape index (κ1) is 33.0. The third-order valence-corrected chi connectivity index (χ3v) is 5.56. The third-order valence-electron chi connectivity index (χ3n) is 5.56. The van der Waals surface area contributed by atoms with Crippen molar-refractivity contribution < 1.29 is 55.1 Å². The standard InChI is InChI=1S/C28H25F6N3O6/c1-17(24(38)35-22-10-6-3-7-11-22)42-37-26(40)23(16-41-15-18-8-4-2-5-9-18)43-36-25(39)19-12-20(27(29,30)31)14-21(13-19)28(32,33)34/h2-14,17,23H,15-16H2,1H3,(H,35,38)(H,36,39)(H,37,40)/t17-,23+/m0/s1. The summed E-state index contributed by atoms with van der Waals surface area (Å²) in [6.45, 7) is 0.737. The highest BCUT2D eigenvalue weighted by molar-refractivity contribution is 5.94. The van der Waals surface area contributed by atoms with Gasteiger partial charge < -0.3 is 10.1 Å². The van der Waals surface area contributed by atoms with Crippen molar-refractivity contribution in [2.24, 2.45) is 0 Å². The van der Waals surface area contributed by atoms with E-state index in [4.69, 9.17) is 14.4 Å². The monoisotopic (exact) mass is 613 g/mol. The number of hydrogen-bond donors (Lipinski definition) is 3. The molecule has 9 nitrogen and oxygen atoms in total. The first-order valence-electron chi connectivity index (χ1n) is 12.4. The lowest BCUT2D eigenvalue weighted by Crippen LogP contribution is -2.45. The zero-order valence-corrected chi connectivity index (χ0v) is 22.3. The van der Waals surface area contributed by atoms with Crippen molar-refractivity contribution in [1.82, 2.24) is 11.0 Å². The minimum atomic E-state index is -5.19. The van der Waals surface area contributed by atoms with E-state index in [9.17, 15) is 40.7 Å². The Morgan fingerprint density at radius 3 is 1.86 bits per heavy atom. The van der Waals surface area contributed by atoms with Crippen molar-refractivity contribution in [3.8, 4) is 0 Å². The molecule has 15 heteroatoms. The Bertz CT molecular complexity index is 1350. The molecule has 230 valence electrons. The van der Waals surface area contributed by atoms with Crippen LogP contribution in [0.3, 0.4) is 0 Å². The van der Waals surface area contributed by atoms with E-state index in [-0.39, 0.29) is 24.8 Å². The van der Waals surface area contributed by atoms with Gasteiger partial charge in [0.15, 0.2) is 12.2 Å². The second kappa shape index (κ2) is 14.6. The molecule has 0 aliphatic carbocycles. The van der Waals surface area contributed by atoms with E-state index in [1.807, 2.05) is 5.48 Å². The molecular weight excluding hydrogens is 588 g/mol. The van der Waals surface area contributed by atoms with Crippen LogP contribution in [0.2, 0.25) is 0 Å². The van der Waals surface area contributed by atoms with Crippen molar-refractivity contribution in [3.05, 3.63) is 101 Å². The predicted molar refractivity (Wildman–Crippen MR) is 139 cm³/mol. The van der Waals surface area contributed by atoms with Crippen molar-refractivity contribution in [3.63, 3.8) is 0 Å². The zero-order valence-electron chi connectivity index (χ0n) is 22.3. The molecule has 0 aliphatic heterocycles. The number of hydrogen-bond acceptors (Lipinski definition) is 6. The topological polar surface area (TPSA) is 115 Å². The van der Waals surface area contributed by atoms with Crippen molar-refractivity contribution in [1.29, 1.82) is 0 Å². The van der Waals surface area contributed by atoms with Gasteiger partial charge >= 0.3 is 12.4 Å². The summed E-state index contributed by atoms with van der Waals surface area (Å²) < 4.78 is 84.5. The Morgan fingerprint density at radius 1 is 0.744 bits per heavy atom. The molecule has 0 radical (unpaired) electrons. The second-order valence-corrected chi connectivity index (χ2v) is 8.91. The highest BCUT2D eigenvalue weighted by Gasteiger charge is 2.37. The van der Waals surface area contributed by atoms with E-state index in [2.05, 4.69) is 5.32 Å². The van der Waals surface area contributed by atoms with Gasteiger partial charge in [-0.3, -0.25) is 24.1 Å². The number of rotatable bonds is 12. The molecule has 0 saturated carbocycles. The minimum absolute atomic E-state index is 0.0265. The summed E-state index contributed by atoms with van der Waals surface area (Å²) in [5.74, 6) is -3.23. The van der Waals surface area contributed by atoms with Gasteiger partial charge in [0.1, 0.15) is 0 Å². The normalized spacial score (nSPS) is 13.1. The van der Waals surface area contributed by atoms with Crippen LogP contribution in [0, 0.1) is 0 Å². The number of para-hydroxylation sites is 1. The molecule has 43 heavy (non-hydrogen) atoms. The van der Waals surface area contributed by atoms with E-state index < -0.39 is 65.6 Å². The number of carbonyl (C=O) groups excluding carboxylic acids is 3. The summed E-state index contributed by atoms with van der Waals surface area (Å²) >= 11 is 0. The van der Waals surface area contributed by atoms with Gasteiger partial charge in [-0.1, -0.05) is 48.5 Å². The Kier molecular flexibility index (Phi) is 11.2. The van der Waals surface area contributed by atoms with E-state index in [0.717, 1.165) is 0 Å². The molecule has 2 atom stereocenters. The fraction of sp³-hybridized carbons (Fsp3) is 0.250. The number of carbonyl (C=O) groups is 3. The Balaban J connectivity index is 1.69. The highest BCUT2D eigenvalue weighted by atomic mass is 19.4. The van der Waals surface area contributed by atoms with Crippen LogP contribution in [0.5, 0.6) is 0 Å². The van der Waals surface area contributed by atoms with Gasteiger partial charge in [-0.25, -0.2) is 11.0 Å². The summed E-state index contributed by atoms with van der Waals surface area (Å²) in [6.07, 6.45) is -13.3. The Labute approximate surface area is 241 Å². The van der Waals surface area contributed by atoms with Gasteiger partial charge in [0.05, 0.1) is 24.3 Å². The van der Waals surface area contributed by atoms with Crippen LogP contribution in [0.1, 0.15) is 34.0 Å². The molecule has 0 spiro atoms. The van der Waals surface area contributed by atoms with Crippen LogP contribution in [-0.2, 0) is 43.0 Å². The van der Waals surface area contributed by atoms with Crippen LogP contribution in [0.15, 0.2) is 78.9 Å². The van der Waals surface area contributed by atoms with E-state index in [1.54, 1.807) is 66.1 Å². The molecule has 3 rings (SSSR count). The SMILES string of the molecule is C[C@H](ONC(=O)[C@@H](COCc1ccccc1)ONC(=O)c1cc(C(F)(F)F)cc(C(F)(F)F)c1)C(=O)Nc1ccccc1. The van der Waals surface area contributed by atoms with Crippen molar-refractivity contribution in [2.75, 3.05) is 11.9 Å². The maximum absolute atomic E-state index is 13.2. The van der Waals surface area contributed by atoms with Crippen molar-refractivity contribution >= 4 is 23.4 Å². The summed E-state index contributed by atoms with van der Waals surface area (Å²) in [7, 11) is 0. The number of amides is 3. The number of hydroxylamine groups is 2. The van der Waals surface area contributed by atoms with Crippen LogP contribution >= 0.6 is 0 Å². The zero-order chi connectivity index (χ0) is 31.6. The average molecular weight is 614 g/mol. The molecule has 3 N–H and O–H groups in total.